The lowest BCUT2D eigenvalue weighted by molar-refractivity contribution is -0.121. The third-order valence-corrected chi connectivity index (χ3v) is 1.76. The summed E-state index contributed by atoms with van der Waals surface area (Å²) in [6, 6.07) is 3.23. The molecule has 3 N–H and O–H groups in total. The smallest absolute Gasteiger partial charge is 0.237 e. The van der Waals surface area contributed by atoms with E-state index in [0.29, 0.717) is 6.42 Å². The molecule has 1 atom stereocenters. The van der Waals surface area contributed by atoms with Gasteiger partial charge in [0.15, 0.2) is 0 Å². The zero-order valence-electron chi connectivity index (χ0n) is 7.53. The maximum atomic E-state index is 11.1. The summed E-state index contributed by atoms with van der Waals surface area (Å²) in [7, 11) is 1.57. The number of nitrogens with two attached hydrogens (primary N) is 1. The van der Waals surface area contributed by atoms with Crippen molar-refractivity contribution in [2.45, 2.75) is 12.5 Å². The molecule has 1 aromatic rings. The van der Waals surface area contributed by atoms with E-state index < -0.39 is 6.04 Å². The van der Waals surface area contributed by atoms with Crippen LogP contribution in [-0.2, 0) is 11.2 Å². The highest BCUT2D eigenvalue weighted by Gasteiger charge is 2.11. The van der Waals surface area contributed by atoms with Crippen LogP contribution in [0.1, 0.15) is 5.56 Å². The Balaban J connectivity index is 2.55. The number of nitrogens with one attached hydrogen (secondary N) is 1. The van der Waals surface area contributed by atoms with Gasteiger partial charge in [0.1, 0.15) is 0 Å². The Morgan fingerprint density at radius 1 is 1.77 bits per heavy atom. The molecule has 0 radical (unpaired) electrons. The fraction of sp³-hybridized carbons (Fsp3) is 0.333. The molecule has 0 aliphatic carbocycles. The van der Waals surface area contributed by atoms with Gasteiger partial charge in [-0.1, -0.05) is 6.07 Å². The average Bonchev–Trinajstić information content (AvgIpc) is 2.18. The monoisotopic (exact) mass is 179 g/mol. The van der Waals surface area contributed by atoms with Crippen LogP contribution < -0.4 is 11.1 Å². The summed E-state index contributed by atoms with van der Waals surface area (Å²) in [5, 5.41) is 2.50. The number of amides is 1. The van der Waals surface area contributed by atoms with Crippen molar-refractivity contribution < 1.29 is 4.79 Å². The van der Waals surface area contributed by atoms with Crippen molar-refractivity contribution in [3.8, 4) is 0 Å². The molecule has 0 aliphatic rings. The molecule has 1 aromatic heterocycles. The predicted molar refractivity (Wildman–Crippen MR) is 50.0 cm³/mol. The summed E-state index contributed by atoms with van der Waals surface area (Å²) < 4.78 is 0. The Labute approximate surface area is 77.2 Å². The quantitative estimate of drug-likeness (QED) is 0.669. The van der Waals surface area contributed by atoms with Gasteiger partial charge in [-0.25, -0.2) is 0 Å². The normalized spacial score (nSPS) is 12.2. The van der Waals surface area contributed by atoms with E-state index in [1.807, 2.05) is 12.1 Å². The standard InChI is InChI=1S/C9H13N3O/c1-11-9(13)8(10)5-7-3-2-4-12-6-7/h2-4,6,8H,5,10H2,1H3,(H,11,13)/t8-/m0/s1. The van der Waals surface area contributed by atoms with Gasteiger partial charge in [-0.15, -0.1) is 0 Å². The number of rotatable bonds is 3. The Bertz CT molecular complexity index is 273. The van der Waals surface area contributed by atoms with Crippen LogP contribution in [0.5, 0.6) is 0 Å². The van der Waals surface area contributed by atoms with Crippen LogP contribution in [0.2, 0.25) is 0 Å². The van der Waals surface area contributed by atoms with Crippen LogP contribution in [0.15, 0.2) is 24.5 Å². The zero-order chi connectivity index (χ0) is 9.68. The van der Waals surface area contributed by atoms with Gasteiger partial charge < -0.3 is 11.1 Å². The second kappa shape index (κ2) is 4.57. The van der Waals surface area contributed by atoms with Crippen molar-refractivity contribution in [1.82, 2.24) is 10.3 Å². The maximum absolute atomic E-state index is 11.1. The van der Waals surface area contributed by atoms with Gasteiger partial charge in [0, 0.05) is 19.4 Å². The SMILES string of the molecule is CNC(=O)[C@@H](N)Cc1cccnc1. The molecule has 70 valence electrons. The minimum Gasteiger partial charge on any atom is -0.358 e. The van der Waals surface area contributed by atoms with Crippen molar-refractivity contribution in [3.05, 3.63) is 30.1 Å². The molecule has 0 fully saturated rings. The number of hydrogen-bond acceptors (Lipinski definition) is 3. The molecule has 13 heavy (non-hydrogen) atoms. The van der Waals surface area contributed by atoms with E-state index in [1.54, 1.807) is 19.4 Å². The summed E-state index contributed by atoms with van der Waals surface area (Å²) in [4.78, 5) is 15.0. The Morgan fingerprint density at radius 2 is 2.54 bits per heavy atom. The highest BCUT2D eigenvalue weighted by molar-refractivity contribution is 5.81. The van der Waals surface area contributed by atoms with Crippen molar-refractivity contribution in [2.24, 2.45) is 5.73 Å². The summed E-state index contributed by atoms with van der Waals surface area (Å²) in [6.45, 7) is 0. The third kappa shape index (κ3) is 2.83. The van der Waals surface area contributed by atoms with Gasteiger partial charge >= 0.3 is 0 Å². The van der Waals surface area contributed by atoms with E-state index in [9.17, 15) is 4.79 Å². The first-order valence-electron chi connectivity index (χ1n) is 4.10. The topological polar surface area (TPSA) is 68.0 Å². The number of pyridine rings is 1. The number of hydrogen-bond donors (Lipinski definition) is 2. The minimum atomic E-state index is -0.491. The third-order valence-electron chi connectivity index (χ3n) is 1.76. The van der Waals surface area contributed by atoms with Crippen LogP contribution in [0, 0.1) is 0 Å². The van der Waals surface area contributed by atoms with Crippen LogP contribution in [0.4, 0.5) is 0 Å². The molecular formula is C9H13N3O. The molecule has 0 spiro atoms. The second-order valence-electron chi connectivity index (χ2n) is 2.79. The highest BCUT2D eigenvalue weighted by atomic mass is 16.2. The molecule has 0 bridgehead atoms. The minimum absolute atomic E-state index is 0.149. The van der Waals surface area contributed by atoms with Crippen LogP contribution in [0.25, 0.3) is 0 Å². The van der Waals surface area contributed by atoms with E-state index in [0.717, 1.165) is 5.56 Å². The van der Waals surface area contributed by atoms with Gasteiger partial charge in [0.05, 0.1) is 6.04 Å². The molecule has 4 nitrogen and oxygen atoms in total. The molecule has 0 aromatic carbocycles. The lowest BCUT2D eigenvalue weighted by Gasteiger charge is -2.08. The van der Waals surface area contributed by atoms with Crippen LogP contribution in [-0.4, -0.2) is 24.0 Å². The first-order chi connectivity index (χ1) is 6.24. The number of carbonyl (C=O) groups is 1. The zero-order valence-corrected chi connectivity index (χ0v) is 7.53. The molecule has 1 heterocycles. The molecule has 0 unspecified atom stereocenters. The molecular weight excluding hydrogens is 166 g/mol. The second-order valence-corrected chi connectivity index (χ2v) is 2.79. The summed E-state index contributed by atoms with van der Waals surface area (Å²) in [5.41, 5.74) is 6.59. The van der Waals surface area contributed by atoms with Crippen LogP contribution in [0.3, 0.4) is 0 Å². The van der Waals surface area contributed by atoms with E-state index in [-0.39, 0.29) is 5.91 Å². The van der Waals surface area contributed by atoms with Crippen molar-refractivity contribution in [1.29, 1.82) is 0 Å². The van der Waals surface area contributed by atoms with Gasteiger partial charge in [0.25, 0.3) is 0 Å². The Kier molecular flexibility index (Phi) is 3.40. The molecule has 1 rings (SSSR count). The number of likely N-dealkylation sites (N-methyl/N-ethyl adjacent to an activating group) is 1. The van der Waals surface area contributed by atoms with E-state index in [1.165, 1.54) is 0 Å². The van der Waals surface area contributed by atoms with Gasteiger partial charge in [-0.2, -0.15) is 0 Å². The van der Waals surface area contributed by atoms with E-state index in [4.69, 9.17) is 5.73 Å². The molecule has 1 amide bonds. The summed E-state index contributed by atoms with van der Waals surface area (Å²) >= 11 is 0. The first-order valence-corrected chi connectivity index (χ1v) is 4.10. The largest absolute Gasteiger partial charge is 0.358 e. The van der Waals surface area contributed by atoms with Gasteiger partial charge in [-0.05, 0) is 18.1 Å². The Hall–Kier alpha value is -1.42. The summed E-state index contributed by atoms with van der Waals surface area (Å²) in [6.07, 6.45) is 3.92. The first kappa shape index (κ1) is 9.67. The number of aromatic nitrogens is 1. The summed E-state index contributed by atoms with van der Waals surface area (Å²) in [5.74, 6) is -0.149. The number of nitrogens with zero attached hydrogens (tertiary/aromatic N) is 1. The molecule has 0 aliphatic heterocycles. The van der Waals surface area contributed by atoms with Gasteiger partial charge in [0.2, 0.25) is 5.91 Å². The molecule has 0 saturated carbocycles. The molecule has 4 heteroatoms. The fourth-order valence-corrected chi connectivity index (χ4v) is 1.05. The van der Waals surface area contributed by atoms with Crippen molar-refractivity contribution in [3.63, 3.8) is 0 Å². The van der Waals surface area contributed by atoms with Gasteiger partial charge in [-0.3, -0.25) is 9.78 Å². The van der Waals surface area contributed by atoms with Crippen LogP contribution >= 0.6 is 0 Å². The lowest BCUT2D eigenvalue weighted by atomic mass is 10.1. The average molecular weight is 179 g/mol. The lowest BCUT2D eigenvalue weighted by Crippen LogP contribution is -2.40. The van der Waals surface area contributed by atoms with E-state index in [2.05, 4.69) is 10.3 Å². The Morgan fingerprint density at radius 3 is 3.08 bits per heavy atom. The molecule has 0 saturated heterocycles. The van der Waals surface area contributed by atoms with E-state index >= 15 is 0 Å². The fourth-order valence-electron chi connectivity index (χ4n) is 1.05. The highest BCUT2D eigenvalue weighted by Crippen LogP contribution is 1.99. The number of carbonyl (C=O) groups excluding carboxylic acids is 1. The predicted octanol–water partition coefficient (Wildman–Crippen LogP) is -0.303. The van der Waals surface area contributed by atoms with Crippen molar-refractivity contribution >= 4 is 5.91 Å². The maximum Gasteiger partial charge on any atom is 0.237 e. The van der Waals surface area contributed by atoms with Crippen molar-refractivity contribution in [2.75, 3.05) is 7.05 Å².